The van der Waals surface area contributed by atoms with E-state index < -0.39 is 6.04 Å². The number of benzene rings is 2. The molecule has 2 amide bonds. The van der Waals surface area contributed by atoms with Crippen molar-refractivity contribution in [2.45, 2.75) is 33.4 Å². The number of hydrogen-bond acceptors (Lipinski definition) is 6. The van der Waals surface area contributed by atoms with Crippen molar-refractivity contribution < 1.29 is 14.3 Å². The van der Waals surface area contributed by atoms with Gasteiger partial charge in [-0.15, -0.1) is 0 Å². The molecule has 0 aliphatic rings. The van der Waals surface area contributed by atoms with Gasteiger partial charge in [0.1, 0.15) is 11.9 Å². The maximum atomic E-state index is 12.3. The van der Waals surface area contributed by atoms with Crippen LogP contribution in [0.3, 0.4) is 0 Å². The van der Waals surface area contributed by atoms with Crippen LogP contribution < -0.4 is 16.0 Å². The highest BCUT2D eigenvalue weighted by Crippen LogP contribution is 2.22. The second kappa shape index (κ2) is 9.88. The largest absolute Gasteiger partial charge is 0.467 e. The highest BCUT2D eigenvalue weighted by molar-refractivity contribution is 5.91. The number of nitrogens with zero attached hydrogens (tertiary/aromatic N) is 2. The molecule has 1 heterocycles. The van der Waals surface area contributed by atoms with Crippen molar-refractivity contribution in [3.8, 4) is 0 Å². The lowest BCUT2D eigenvalue weighted by Gasteiger charge is -2.21. The van der Waals surface area contributed by atoms with E-state index in [-0.39, 0.29) is 24.5 Å². The van der Waals surface area contributed by atoms with Gasteiger partial charge in [0.15, 0.2) is 5.82 Å². The predicted octanol–water partition coefficient (Wildman–Crippen LogP) is 3.87. The van der Waals surface area contributed by atoms with E-state index in [1.54, 1.807) is 0 Å². The Balaban J connectivity index is 1.79. The molecule has 3 N–H and O–H groups in total. The van der Waals surface area contributed by atoms with Crippen LogP contribution in [0.5, 0.6) is 0 Å². The topological polar surface area (TPSA) is 105 Å². The zero-order valence-electron chi connectivity index (χ0n) is 18.1. The van der Waals surface area contributed by atoms with Crippen LogP contribution in [0.2, 0.25) is 0 Å². The smallest absolute Gasteiger partial charge is 0.328 e. The average molecular weight is 422 g/mol. The number of ether oxygens (including phenoxy) is 1. The average Bonchev–Trinajstić information content (AvgIpc) is 2.75. The van der Waals surface area contributed by atoms with Gasteiger partial charge in [0.2, 0.25) is 0 Å². The molecule has 0 aliphatic heterocycles. The Morgan fingerprint density at radius 1 is 1.06 bits per heavy atom. The number of fused-ring (bicyclic) bond motifs is 1. The quantitative estimate of drug-likeness (QED) is 0.500. The van der Waals surface area contributed by atoms with Gasteiger partial charge >= 0.3 is 12.0 Å². The lowest BCUT2D eigenvalue weighted by Crippen LogP contribution is -2.36. The Kier molecular flexibility index (Phi) is 7.02. The highest BCUT2D eigenvalue weighted by Gasteiger charge is 2.24. The minimum atomic E-state index is -0.561. The number of amides is 2. The van der Waals surface area contributed by atoms with Gasteiger partial charge in [0.05, 0.1) is 19.2 Å². The van der Waals surface area contributed by atoms with Crippen LogP contribution in [0.15, 0.2) is 48.5 Å². The molecular weight excluding hydrogens is 394 g/mol. The molecule has 3 rings (SSSR count). The molecular formula is C23H27N5O3. The molecule has 2 aromatic carbocycles. The molecule has 0 bridgehead atoms. The van der Waals surface area contributed by atoms with Crippen LogP contribution in [-0.4, -0.2) is 35.1 Å². The van der Waals surface area contributed by atoms with Gasteiger partial charge in [-0.3, -0.25) is 0 Å². The predicted molar refractivity (Wildman–Crippen MR) is 121 cm³/mol. The Hall–Kier alpha value is -3.68. The number of esters is 1. The van der Waals surface area contributed by atoms with Crippen LogP contribution in [-0.2, 0) is 16.1 Å². The molecule has 8 nitrogen and oxygen atoms in total. The standard InChI is InChI=1S/C23H27N5O3/c1-14(2)20(22(29)31-4)28-21-17-10-5-6-11-18(17)26-19(27-21)13-24-23(30)25-16-9-7-8-15(3)12-16/h5-12,14,20H,13H2,1-4H3,(H2,24,25,30)(H,26,27,28)/t20-/m0/s1. The Labute approximate surface area is 181 Å². The summed E-state index contributed by atoms with van der Waals surface area (Å²) in [6.07, 6.45) is 0. The molecule has 0 spiro atoms. The number of aryl methyl sites for hydroxylation is 1. The zero-order chi connectivity index (χ0) is 22.4. The van der Waals surface area contributed by atoms with E-state index in [2.05, 4.69) is 25.9 Å². The van der Waals surface area contributed by atoms with Gasteiger partial charge in [0, 0.05) is 11.1 Å². The minimum absolute atomic E-state index is 0.0112. The molecule has 0 aliphatic carbocycles. The third kappa shape index (κ3) is 5.69. The first-order valence-corrected chi connectivity index (χ1v) is 10.1. The third-order valence-electron chi connectivity index (χ3n) is 4.75. The van der Waals surface area contributed by atoms with Gasteiger partial charge in [-0.05, 0) is 42.7 Å². The van der Waals surface area contributed by atoms with Crippen LogP contribution in [0.4, 0.5) is 16.3 Å². The summed E-state index contributed by atoms with van der Waals surface area (Å²) in [6, 6.07) is 14.1. The molecule has 8 heteroatoms. The molecule has 0 saturated carbocycles. The fourth-order valence-electron chi connectivity index (χ4n) is 3.14. The molecule has 0 radical (unpaired) electrons. The number of para-hydroxylation sites is 1. The number of aromatic nitrogens is 2. The molecule has 0 fully saturated rings. The van der Waals surface area contributed by atoms with E-state index in [1.807, 2.05) is 69.3 Å². The number of nitrogens with one attached hydrogen (secondary N) is 3. The molecule has 0 saturated heterocycles. The normalized spacial score (nSPS) is 11.8. The van der Waals surface area contributed by atoms with E-state index in [0.29, 0.717) is 22.8 Å². The van der Waals surface area contributed by atoms with Gasteiger partial charge in [-0.1, -0.05) is 38.1 Å². The van der Waals surface area contributed by atoms with Crippen molar-refractivity contribution >= 4 is 34.4 Å². The number of carbonyl (C=O) groups is 2. The van der Waals surface area contributed by atoms with Gasteiger partial charge in [0.25, 0.3) is 0 Å². The monoisotopic (exact) mass is 421 g/mol. The molecule has 1 aromatic heterocycles. The minimum Gasteiger partial charge on any atom is -0.467 e. The number of hydrogen-bond donors (Lipinski definition) is 3. The molecule has 0 unspecified atom stereocenters. The number of urea groups is 1. The number of methoxy groups -OCH3 is 1. The maximum absolute atomic E-state index is 12.3. The van der Waals surface area contributed by atoms with Gasteiger partial charge < -0.3 is 20.7 Å². The lowest BCUT2D eigenvalue weighted by molar-refractivity contribution is -0.142. The van der Waals surface area contributed by atoms with E-state index >= 15 is 0 Å². The second-order valence-corrected chi connectivity index (χ2v) is 7.57. The van der Waals surface area contributed by atoms with E-state index in [1.165, 1.54) is 7.11 Å². The summed E-state index contributed by atoms with van der Waals surface area (Å²) < 4.78 is 4.92. The summed E-state index contributed by atoms with van der Waals surface area (Å²) in [7, 11) is 1.36. The van der Waals surface area contributed by atoms with Gasteiger partial charge in [-0.25, -0.2) is 19.6 Å². The van der Waals surface area contributed by atoms with E-state index in [0.717, 1.165) is 10.9 Å². The van der Waals surface area contributed by atoms with Gasteiger partial charge in [-0.2, -0.15) is 0 Å². The fraction of sp³-hybridized carbons (Fsp3) is 0.304. The van der Waals surface area contributed by atoms with Crippen LogP contribution in [0, 0.1) is 12.8 Å². The first-order valence-electron chi connectivity index (χ1n) is 10.1. The van der Waals surface area contributed by atoms with E-state index in [9.17, 15) is 9.59 Å². The lowest BCUT2D eigenvalue weighted by atomic mass is 10.0. The summed E-state index contributed by atoms with van der Waals surface area (Å²) in [5.74, 6) is 0.566. The first-order chi connectivity index (χ1) is 14.9. The third-order valence-corrected chi connectivity index (χ3v) is 4.75. The van der Waals surface area contributed by atoms with Crippen molar-refractivity contribution in [3.05, 3.63) is 59.9 Å². The first kappa shape index (κ1) is 22.0. The Bertz CT molecular complexity index is 1080. The second-order valence-electron chi connectivity index (χ2n) is 7.57. The summed E-state index contributed by atoms with van der Waals surface area (Å²) in [5.41, 5.74) is 2.47. The summed E-state index contributed by atoms with van der Waals surface area (Å²) in [5, 5.41) is 9.54. The van der Waals surface area contributed by atoms with Crippen molar-refractivity contribution in [1.29, 1.82) is 0 Å². The fourth-order valence-corrected chi connectivity index (χ4v) is 3.14. The van der Waals surface area contributed by atoms with Crippen molar-refractivity contribution in [2.24, 2.45) is 5.92 Å². The highest BCUT2D eigenvalue weighted by atomic mass is 16.5. The maximum Gasteiger partial charge on any atom is 0.328 e. The molecule has 31 heavy (non-hydrogen) atoms. The summed E-state index contributed by atoms with van der Waals surface area (Å²) >= 11 is 0. The molecule has 3 aromatic rings. The van der Waals surface area contributed by atoms with Crippen LogP contribution >= 0.6 is 0 Å². The number of rotatable bonds is 7. The number of anilines is 2. The molecule has 1 atom stereocenters. The molecule has 162 valence electrons. The van der Waals surface area contributed by atoms with Crippen LogP contribution in [0.1, 0.15) is 25.2 Å². The summed E-state index contributed by atoms with van der Waals surface area (Å²) in [6.45, 7) is 5.94. The van der Waals surface area contributed by atoms with Crippen molar-refractivity contribution in [2.75, 3.05) is 17.7 Å². The number of carbonyl (C=O) groups excluding carboxylic acids is 2. The Morgan fingerprint density at radius 2 is 1.84 bits per heavy atom. The van der Waals surface area contributed by atoms with Crippen molar-refractivity contribution in [3.63, 3.8) is 0 Å². The Morgan fingerprint density at radius 3 is 2.55 bits per heavy atom. The summed E-state index contributed by atoms with van der Waals surface area (Å²) in [4.78, 5) is 33.6. The van der Waals surface area contributed by atoms with Crippen molar-refractivity contribution in [1.82, 2.24) is 15.3 Å². The SMILES string of the molecule is COC(=O)[C@@H](Nc1nc(CNC(=O)Nc2cccc(C)c2)nc2ccccc12)C(C)C. The van der Waals surface area contributed by atoms with E-state index in [4.69, 9.17) is 4.74 Å². The van der Waals surface area contributed by atoms with Crippen LogP contribution in [0.25, 0.3) is 10.9 Å². The zero-order valence-corrected chi connectivity index (χ0v) is 18.1.